The largest absolute Gasteiger partial charge is 0.497 e. The fourth-order valence-electron chi connectivity index (χ4n) is 3.56. The van der Waals surface area contributed by atoms with Crippen LogP contribution in [0.1, 0.15) is 38.5 Å². The number of carbonyl (C=O) groups is 2. The monoisotopic (exact) mass is 287 g/mol. The molecule has 21 heavy (non-hydrogen) atoms. The van der Waals surface area contributed by atoms with Crippen molar-refractivity contribution in [3.05, 3.63) is 24.3 Å². The van der Waals surface area contributed by atoms with Crippen LogP contribution < -0.4 is 9.64 Å². The minimum Gasteiger partial charge on any atom is -0.497 e. The molecule has 1 aliphatic heterocycles. The molecule has 3 rings (SSSR count). The summed E-state index contributed by atoms with van der Waals surface area (Å²) in [4.78, 5) is 26.3. The maximum absolute atomic E-state index is 12.6. The van der Waals surface area contributed by atoms with Gasteiger partial charge < -0.3 is 4.74 Å². The molecule has 1 saturated heterocycles. The number of hydrogen-bond acceptors (Lipinski definition) is 3. The van der Waals surface area contributed by atoms with E-state index >= 15 is 0 Å². The van der Waals surface area contributed by atoms with Crippen LogP contribution in [0.5, 0.6) is 5.75 Å². The molecule has 2 fully saturated rings. The van der Waals surface area contributed by atoms with E-state index in [0.717, 1.165) is 18.6 Å². The van der Waals surface area contributed by atoms with Crippen molar-refractivity contribution < 1.29 is 14.3 Å². The van der Waals surface area contributed by atoms with Crippen LogP contribution in [0.4, 0.5) is 5.69 Å². The molecular formula is C17H21NO3. The number of amides is 2. The molecule has 1 aromatic rings. The van der Waals surface area contributed by atoms with Crippen molar-refractivity contribution in [3.8, 4) is 5.75 Å². The van der Waals surface area contributed by atoms with E-state index in [1.165, 1.54) is 24.2 Å². The Labute approximate surface area is 125 Å². The first kappa shape index (κ1) is 14.1. The first-order valence-electron chi connectivity index (χ1n) is 7.71. The maximum atomic E-state index is 12.6. The summed E-state index contributed by atoms with van der Waals surface area (Å²) in [7, 11) is 1.60. The van der Waals surface area contributed by atoms with Gasteiger partial charge in [-0.25, -0.2) is 0 Å². The summed E-state index contributed by atoms with van der Waals surface area (Å²) in [5.74, 6) is 0.915. The number of ether oxygens (including phenoxy) is 1. The van der Waals surface area contributed by atoms with E-state index < -0.39 is 0 Å². The van der Waals surface area contributed by atoms with Crippen molar-refractivity contribution in [1.29, 1.82) is 0 Å². The smallest absolute Gasteiger partial charge is 0.237 e. The van der Waals surface area contributed by atoms with Crippen molar-refractivity contribution in [2.45, 2.75) is 38.5 Å². The fourth-order valence-corrected chi connectivity index (χ4v) is 3.56. The molecule has 2 amide bonds. The van der Waals surface area contributed by atoms with Crippen molar-refractivity contribution >= 4 is 17.5 Å². The van der Waals surface area contributed by atoms with Crippen molar-refractivity contribution in [1.82, 2.24) is 0 Å². The van der Waals surface area contributed by atoms with Gasteiger partial charge in [0, 0.05) is 6.42 Å². The van der Waals surface area contributed by atoms with E-state index in [-0.39, 0.29) is 17.7 Å². The number of rotatable bonds is 3. The molecule has 4 heteroatoms. The Balaban J connectivity index is 1.79. The molecule has 0 N–H and O–H groups in total. The van der Waals surface area contributed by atoms with Crippen LogP contribution in [0, 0.1) is 11.8 Å². The Morgan fingerprint density at radius 2 is 1.71 bits per heavy atom. The number of hydrogen-bond donors (Lipinski definition) is 0. The van der Waals surface area contributed by atoms with E-state index in [2.05, 4.69) is 0 Å². The molecule has 1 saturated carbocycles. The van der Waals surface area contributed by atoms with Gasteiger partial charge in [0.25, 0.3) is 0 Å². The number of imide groups is 1. The lowest BCUT2D eigenvalue weighted by atomic mass is 9.79. The van der Waals surface area contributed by atoms with Gasteiger partial charge in [-0.15, -0.1) is 0 Å². The molecule has 2 aliphatic rings. The lowest BCUT2D eigenvalue weighted by Gasteiger charge is -2.25. The second-order valence-corrected chi connectivity index (χ2v) is 5.97. The summed E-state index contributed by atoms with van der Waals surface area (Å²) in [5, 5.41) is 0. The highest BCUT2D eigenvalue weighted by molar-refractivity contribution is 6.21. The van der Waals surface area contributed by atoms with Crippen LogP contribution in [0.3, 0.4) is 0 Å². The number of anilines is 1. The summed E-state index contributed by atoms with van der Waals surface area (Å²) in [6.45, 7) is 0. The van der Waals surface area contributed by atoms with Gasteiger partial charge in [0.1, 0.15) is 5.75 Å². The fraction of sp³-hybridized carbons (Fsp3) is 0.529. The van der Waals surface area contributed by atoms with Crippen molar-refractivity contribution in [2.75, 3.05) is 12.0 Å². The molecule has 0 aromatic heterocycles. The summed E-state index contributed by atoms with van der Waals surface area (Å²) in [5.41, 5.74) is 0.657. The van der Waals surface area contributed by atoms with Gasteiger partial charge in [0.2, 0.25) is 11.8 Å². The molecule has 1 atom stereocenters. The first-order valence-corrected chi connectivity index (χ1v) is 7.71. The Bertz CT molecular complexity index is 531. The minimum absolute atomic E-state index is 0.0166. The van der Waals surface area contributed by atoms with E-state index in [0.29, 0.717) is 18.0 Å². The number of methoxy groups -OCH3 is 1. The molecule has 1 heterocycles. The maximum Gasteiger partial charge on any atom is 0.237 e. The van der Waals surface area contributed by atoms with E-state index in [9.17, 15) is 9.59 Å². The Kier molecular flexibility index (Phi) is 3.95. The topological polar surface area (TPSA) is 46.6 Å². The molecule has 4 nitrogen and oxygen atoms in total. The van der Waals surface area contributed by atoms with Crippen molar-refractivity contribution in [2.24, 2.45) is 11.8 Å². The predicted molar refractivity (Wildman–Crippen MR) is 80.2 cm³/mol. The van der Waals surface area contributed by atoms with E-state index in [1.807, 2.05) is 0 Å². The second kappa shape index (κ2) is 5.88. The Morgan fingerprint density at radius 1 is 1.05 bits per heavy atom. The Hall–Kier alpha value is -1.84. The van der Waals surface area contributed by atoms with Gasteiger partial charge in [-0.2, -0.15) is 0 Å². The lowest BCUT2D eigenvalue weighted by Crippen LogP contribution is -2.32. The van der Waals surface area contributed by atoms with Gasteiger partial charge in [0.05, 0.1) is 18.7 Å². The van der Waals surface area contributed by atoms with Crippen LogP contribution in [-0.2, 0) is 9.59 Å². The third-order valence-electron chi connectivity index (χ3n) is 4.73. The first-order chi connectivity index (χ1) is 10.2. The van der Waals surface area contributed by atoms with Crippen LogP contribution in [0.2, 0.25) is 0 Å². The van der Waals surface area contributed by atoms with E-state index in [1.54, 1.807) is 31.4 Å². The van der Waals surface area contributed by atoms with Gasteiger partial charge in [0.15, 0.2) is 0 Å². The second-order valence-electron chi connectivity index (χ2n) is 5.97. The molecule has 1 aliphatic carbocycles. The lowest BCUT2D eigenvalue weighted by molar-refractivity contribution is -0.123. The number of nitrogens with zero attached hydrogens (tertiary/aromatic N) is 1. The van der Waals surface area contributed by atoms with Gasteiger partial charge in [-0.3, -0.25) is 14.5 Å². The zero-order valence-electron chi connectivity index (χ0n) is 12.4. The highest BCUT2D eigenvalue weighted by atomic mass is 16.5. The zero-order chi connectivity index (χ0) is 14.8. The summed E-state index contributed by atoms with van der Waals surface area (Å²) >= 11 is 0. The standard InChI is InChI=1S/C17H21NO3/c1-21-14-9-7-13(8-10-14)18-16(19)11-15(17(18)20)12-5-3-2-4-6-12/h7-10,12,15H,2-6,11H2,1H3. The molecule has 0 radical (unpaired) electrons. The van der Waals surface area contributed by atoms with Crippen LogP contribution in [-0.4, -0.2) is 18.9 Å². The molecule has 0 spiro atoms. The molecule has 1 unspecified atom stereocenters. The molecule has 1 aromatic carbocycles. The average Bonchev–Trinajstić information content (AvgIpc) is 2.83. The Morgan fingerprint density at radius 3 is 2.33 bits per heavy atom. The summed E-state index contributed by atoms with van der Waals surface area (Å²) in [6.07, 6.45) is 6.17. The summed E-state index contributed by atoms with van der Waals surface area (Å²) < 4.78 is 5.11. The molecule has 0 bridgehead atoms. The van der Waals surface area contributed by atoms with E-state index in [4.69, 9.17) is 4.74 Å². The van der Waals surface area contributed by atoms with Crippen LogP contribution in [0.15, 0.2) is 24.3 Å². The van der Waals surface area contributed by atoms with Crippen molar-refractivity contribution in [3.63, 3.8) is 0 Å². The van der Waals surface area contributed by atoms with Gasteiger partial charge in [-0.1, -0.05) is 19.3 Å². The van der Waals surface area contributed by atoms with Gasteiger partial charge >= 0.3 is 0 Å². The SMILES string of the molecule is COc1ccc(N2C(=O)CC(C3CCCCC3)C2=O)cc1. The molecular weight excluding hydrogens is 266 g/mol. The quantitative estimate of drug-likeness (QED) is 0.802. The van der Waals surface area contributed by atoms with Crippen LogP contribution >= 0.6 is 0 Å². The minimum atomic E-state index is -0.111. The number of carbonyl (C=O) groups excluding carboxylic acids is 2. The highest BCUT2D eigenvalue weighted by Crippen LogP contribution is 2.38. The highest BCUT2D eigenvalue weighted by Gasteiger charge is 2.43. The summed E-state index contributed by atoms with van der Waals surface area (Å²) in [6, 6.07) is 7.11. The average molecular weight is 287 g/mol. The normalized spacial score (nSPS) is 23.7. The predicted octanol–water partition coefficient (Wildman–Crippen LogP) is 3.16. The van der Waals surface area contributed by atoms with Gasteiger partial charge in [-0.05, 0) is 43.0 Å². The third-order valence-corrected chi connectivity index (χ3v) is 4.73. The molecule has 112 valence electrons. The third kappa shape index (κ3) is 2.67. The van der Waals surface area contributed by atoms with Crippen LogP contribution in [0.25, 0.3) is 0 Å². The zero-order valence-corrected chi connectivity index (χ0v) is 12.4. The number of benzene rings is 1.